The molecule has 0 fully saturated rings. The minimum atomic E-state index is -0.668. The van der Waals surface area contributed by atoms with Crippen LogP contribution in [0.3, 0.4) is 0 Å². The first-order valence-electron chi connectivity index (χ1n) is 9.24. The van der Waals surface area contributed by atoms with Gasteiger partial charge in [0.15, 0.2) is 0 Å². The lowest BCUT2D eigenvalue weighted by Gasteiger charge is -2.17. The maximum absolute atomic E-state index is 13.4. The van der Waals surface area contributed by atoms with E-state index in [1.54, 1.807) is 43.8 Å². The van der Waals surface area contributed by atoms with Crippen LogP contribution in [-0.4, -0.2) is 47.1 Å². The highest BCUT2D eigenvalue weighted by Gasteiger charge is 2.13. The number of fused-ring (bicyclic) bond motifs is 1. The zero-order valence-electron chi connectivity index (χ0n) is 16.3. The molecule has 0 aliphatic heterocycles. The van der Waals surface area contributed by atoms with Crippen LogP contribution >= 0.6 is 11.6 Å². The van der Waals surface area contributed by atoms with Gasteiger partial charge in [0.2, 0.25) is 5.91 Å². The molecule has 2 heterocycles. The summed E-state index contributed by atoms with van der Waals surface area (Å²) in [6, 6.07) is 8.02. The number of aromatic nitrogens is 2. The Labute approximate surface area is 177 Å². The summed E-state index contributed by atoms with van der Waals surface area (Å²) in [6.07, 6.45) is 4.79. The lowest BCUT2D eigenvalue weighted by Crippen LogP contribution is -2.31. The van der Waals surface area contributed by atoms with Crippen molar-refractivity contribution in [1.82, 2.24) is 14.9 Å². The molecule has 0 saturated heterocycles. The monoisotopic (exact) mass is 430 g/mol. The molecule has 2 aromatic heterocycles. The predicted octanol–water partition coefficient (Wildman–Crippen LogP) is 4.06. The van der Waals surface area contributed by atoms with Crippen LogP contribution < -0.4 is 5.32 Å². The summed E-state index contributed by atoms with van der Waals surface area (Å²) >= 11 is 5.90. The van der Waals surface area contributed by atoms with Crippen molar-refractivity contribution in [3.8, 4) is 0 Å². The minimum absolute atomic E-state index is 0.0178. The van der Waals surface area contributed by atoms with Gasteiger partial charge in [0, 0.05) is 42.8 Å². The number of amides is 2. The van der Waals surface area contributed by atoms with E-state index in [0.29, 0.717) is 17.8 Å². The van der Waals surface area contributed by atoms with Gasteiger partial charge < -0.3 is 9.64 Å². The number of ether oxygens (including phenoxy) is 1. The smallest absolute Gasteiger partial charge is 0.412 e. The Kier molecular flexibility index (Phi) is 7.13. The van der Waals surface area contributed by atoms with Crippen LogP contribution in [0.2, 0.25) is 5.02 Å². The number of benzene rings is 1. The van der Waals surface area contributed by atoms with Gasteiger partial charge >= 0.3 is 6.09 Å². The van der Waals surface area contributed by atoms with Crippen LogP contribution in [0.25, 0.3) is 10.8 Å². The molecule has 156 valence electrons. The number of rotatable bonds is 7. The van der Waals surface area contributed by atoms with Gasteiger partial charge in [0.1, 0.15) is 18.2 Å². The number of carbonyl (C=O) groups is 2. The van der Waals surface area contributed by atoms with E-state index in [0.717, 1.165) is 10.8 Å². The third-order valence-corrected chi connectivity index (χ3v) is 4.90. The van der Waals surface area contributed by atoms with Gasteiger partial charge in [0.05, 0.1) is 11.6 Å². The first kappa shape index (κ1) is 21.4. The predicted molar refractivity (Wildman–Crippen MR) is 112 cm³/mol. The van der Waals surface area contributed by atoms with E-state index in [4.69, 9.17) is 16.3 Å². The SMILES string of the molecule is CN(CCOC(=O)Nc1cc2cnccc2cn1)C(=O)CCc1cccc(F)c1Cl. The molecule has 0 radical (unpaired) electrons. The lowest BCUT2D eigenvalue weighted by atomic mass is 10.1. The van der Waals surface area contributed by atoms with Crippen LogP contribution in [0, 0.1) is 5.82 Å². The van der Waals surface area contributed by atoms with Crippen LogP contribution in [0.5, 0.6) is 0 Å². The van der Waals surface area contributed by atoms with E-state index < -0.39 is 11.9 Å². The second kappa shape index (κ2) is 9.98. The third-order valence-electron chi connectivity index (χ3n) is 4.48. The standard InChI is InChI=1S/C21H20ClFN4O3/c1-27(19(28)6-5-14-3-2-4-17(23)20(14)22)9-10-30-21(29)26-18-11-16-12-24-8-7-15(16)13-25-18/h2-4,7-8,11-13H,5-6,9-10H2,1H3,(H,25,26,29). The van der Waals surface area contributed by atoms with Gasteiger partial charge in [-0.15, -0.1) is 0 Å². The third kappa shape index (κ3) is 5.64. The molecule has 3 aromatic rings. The molecule has 0 unspecified atom stereocenters. The summed E-state index contributed by atoms with van der Waals surface area (Å²) in [4.78, 5) is 33.8. The maximum Gasteiger partial charge on any atom is 0.412 e. The second-order valence-corrected chi connectivity index (χ2v) is 6.96. The zero-order chi connectivity index (χ0) is 21.5. The summed E-state index contributed by atoms with van der Waals surface area (Å²) < 4.78 is 18.6. The molecule has 2 amide bonds. The molecule has 30 heavy (non-hydrogen) atoms. The van der Waals surface area contributed by atoms with Crippen molar-refractivity contribution in [2.45, 2.75) is 12.8 Å². The lowest BCUT2D eigenvalue weighted by molar-refractivity contribution is -0.130. The highest BCUT2D eigenvalue weighted by molar-refractivity contribution is 6.31. The van der Waals surface area contributed by atoms with Crippen LogP contribution in [-0.2, 0) is 16.0 Å². The summed E-state index contributed by atoms with van der Waals surface area (Å²) in [6.45, 7) is 0.238. The van der Waals surface area contributed by atoms with Gasteiger partial charge in [0.25, 0.3) is 0 Å². The minimum Gasteiger partial charge on any atom is -0.447 e. The summed E-state index contributed by atoms with van der Waals surface area (Å²) in [5, 5.41) is 4.32. The molecule has 7 nitrogen and oxygen atoms in total. The Morgan fingerprint density at radius 3 is 2.90 bits per heavy atom. The first-order valence-corrected chi connectivity index (χ1v) is 9.62. The highest BCUT2D eigenvalue weighted by Crippen LogP contribution is 2.21. The van der Waals surface area contributed by atoms with E-state index in [1.807, 2.05) is 6.07 Å². The Morgan fingerprint density at radius 1 is 1.23 bits per heavy atom. The molecule has 0 saturated carbocycles. The normalized spacial score (nSPS) is 10.6. The quantitative estimate of drug-likeness (QED) is 0.611. The average Bonchev–Trinajstić information content (AvgIpc) is 2.74. The van der Waals surface area contributed by atoms with Gasteiger partial charge in [-0.1, -0.05) is 23.7 Å². The molecular weight excluding hydrogens is 411 g/mol. The van der Waals surface area contributed by atoms with Crippen molar-refractivity contribution in [3.05, 3.63) is 65.3 Å². The van der Waals surface area contributed by atoms with Crippen molar-refractivity contribution in [1.29, 1.82) is 0 Å². The fourth-order valence-corrected chi connectivity index (χ4v) is 2.98. The fourth-order valence-electron chi connectivity index (χ4n) is 2.76. The Morgan fingerprint density at radius 2 is 2.07 bits per heavy atom. The number of carbonyl (C=O) groups excluding carboxylic acids is 2. The molecule has 9 heteroatoms. The van der Waals surface area contributed by atoms with Gasteiger partial charge in [-0.3, -0.25) is 15.1 Å². The molecule has 0 aliphatic carbocycles. The number of halogens is 2. The number of aryl methyl sites for hydroxylation is 1. The van der Waals surface area contributed by atoms with E-state index >= 15 is 0 Å². The highest BCUT2D eigenvalue weighted by atomic mass is 35.5. The van der Waals surface area contributed by atoms with Crippen molar-refractivity contribution in [3.63, 3.8) is 0 Å². The molecule has 0 aliphatic rings. The summed E-state index contributed by atoms with van der Waals surface area (Å²) in [5.74, 6) is -0.327. The van der Waals surface area contributed by atoms with Crippen LogP contribution in [0.15, 0.2) is 48.9 Å². The van der Waals surface area contributed by atoms with Crippen molar-refractivity contribution in [2.75, 3.05) is 25.5 Å². The van der Waals surface area contributed by atoms with Crippen LogP contribution in [0.4, 0.5) is 15.0 Å². The molecule has 1 N–H and O–H groups in total. The average molecular weight is 431 g/mol. The first-order chi connectivity index (χ1) is 14.4. The Bertz CT molecular complexity index is 1060. The molecule has 1 aromatic carbocycles. The number of anilines is 1. The Balaban J connectivity index is 1.41. The number of hydrogen-bond acceptors (Lipinski definition) is 5. The summed E-state index contributed by atoms with van der Waals surface area (Å²) in [5.41, 5.74) is 0.576. The number of pyridine rings is 2. The largest absolute Gasteiger partial charge is 0.447 e. The molecule has 0 atom stereocenters. The zero-order valence-corrected chi connectivity index (χ0v) is 17.0. The van der Waals surface area contributed by atoms with Gasteiger partial charge in [-0.05, 0) is 30.2 Å². The van der Waals surface area contributed by atoms with Gasteiger partial charge in [-0.2, -0.15) is 0 Å². The van der Waals surface area contributed by atoms with E-state index in [9.17, 15) is 14.0 Å². The number of nitrogens with zero attached hydrogens (tertiary/aromatic N) is 3. The molecule has 0 bridgehead atoms. The number of nitrogens with one attached hydrogen (secondary N) is 1. The number of likely N-dealkylation sites (N-methyl/N-ethyl adjacent to an activating group) is 1. The van der Waals surface area contributed by atoms with E-state index in [2.05, 4.69) is 15.3 Å². The van der Waals surface area contributed by atoms with Crippen molar-refractivity contribution >= 4 is 40.2 Å². The van der Waals surface area contributed by atoms with E-state index in [1.165, 1.54) is 11.0 Å². The molecule has 0 spiro atoms. The van der Waals surface area contributed by atoms with Gasteiger partial charge in [-0.25, -0.2) is 14.2 Å². The molecule has 3 rings (SSSR count). The number of hydrogen-bond donors (Lipinski definition) is 1. The molecular formula is C21H20ClFN4O3. The summed E-state index contributed by atoms with van der Waals surface area (Å²) in [7, 11) is 1.61. The maximum atomic E-state index is 13.4. The Hall–Kier alpha value is -3.26. The van der Waals surface area contributed by atoms with Crippen molar-refractivity contribution in [2.24, 2.45) is 0 Å². The topological polar surface area (TPSA) is 84.4 Å². The van der Waals surface area contributed by atoms with Crippen molar-refractivity contribution < 1.29 is 18.7 Å². The fraction of sp³-hybridized carbons (Fsp3) is 0.238. The van der Waals surface area contributed by atoms with E-state index in [-0.39, 0.29) is 30.5 Å². The van der Waals surface area contributed by atoms with Crippen LogP contribution in [0.1, 0.15) is 12.0 Å². The second-order valence-electron chi connectivity index (χ2n) is 6.58.